The van der Waals surface area contributed by atoms with E-state index in [1.54, 1.807) is 18.9 Å². The second kappa shape index (κ2) is 7.29. The van der Waals surface area contributed by atoms with Crippen molar-refractivity contribution >= 4 is 34.7 Å². The van der Waals surface area contributed by atoms with Crippen LogP contribution in [-0.2, 0) is 4.74 Å². The SMILES string of the molecule is CCSc1cccc(N2CCC(OC)CC2)c1C(N)=S. The third kappa shape index (κ3) is 3.45. The number of thiocarbonyl (C=S) groups is 1. The summed E-state index contributed by atoms with van der Waals surface area (Å²) in [6.45, 7) is 4.13. The van der Waals surface area contributed by atoms with Crippen molar-refractivity contribution < 1.29 is 4.74 Å². The van der Waals surface area contributed by atoms with Crippen molar-refractivity contribution in [1.82, 2.24) is 0 Å². The first kappa shape index (κ1) is 15.6. The minimum atomic E-state index is 0.382. The topological polar surface area (TPSA) is 38.5 Å². The van der Waals surface area contributed by atoms with Crippen LogP contribution >= 0.6 is 24.0 Å². The average Bonchev–Trinajstić information content (AvgIpc) is 2.47. The van der Waals surface area contributed by atoms with Gasteiger partial charge < -0.3 is 15.4 Å². The maximum atomic E-state index is 5.97. The molecule has 1 heterocycles. The molecule has 0 unspecified atom stereocenters. The third-order valence-electron chi connectivity index (χ3n) is 3.67. The minimum absolute atomic E-state index is 0.382. The highest BCUT2D eigenvalue weighted by atomic mass is 32.2. The van der Waals surface area contributed by atoms with Crippen LogP contribution in [0.3, 0.4) is 0 Å². The quantitative estimate of drug-likeness (QED) is 0.668. The van der Waals surface area contributed by atoms with E-state index in [9.17, 15) is 0 Å². The molecule has 0 saturated carbocycles. The number of hydrogen-bond donors (Lipinski definition) is 1. The molecule has 3 nitrogen and oxygen atoms in total. The summed E-state index contributed by atoms with van der Waals surface area (Å²) in [5, 5.41) is 0. The number of nitrogens with two attached hydrogens (primary N) is 1. The molecule has 0 atom stereocenters. The monoisotopic (exact) mass is 310 g/mol. The molecule has 5 heteroatoms. The van der Waals surface area contributed by atoms with E-state index in [-0.39, 0.29) is 0 Å². The Morgan fingerprint density at radius 2 is 2.15 bits per heavy atom. The zero-order valence-corrected chi connectivity index (χ0v) is 13.7. The predicted molar refractivity (Wildman–Crippen MR) is 91.0 cm³/mol. The molecule has 0 spiro atoms. The van der Waals surface area contributed by atoms with Crippen molar-refractivity contribution in [3.8, 4) is 0 Å². The van der Waals surface area contributed by atoms with Crippen LogP contribution in [0, 0.1) is 0 Å². The number of thioether (sulfide) groups is 1. The van der Waals surface area contributed by atoms with Crippen molar-refractivity contribution in [2.75, 3.05) is 30.9 Å². The molecule has 0 amide bonds. The van der Waals surface area contributed by atoms with Crippen molar-refractivity contribution in [3.05, 3.63) is 23.8 Å². The molecule has 0 aromatic heterocycles. The Kier molecular flexibility index (Phi) is 5.69. The number of methoxy groups -OCH3 is 1. The first-order valence-corrected chi connectivity index (χ1v) is 8.40. The maximum absolute atomic E-state index is 5.97. The molecule has 1 saturated heterocycles. The zero-order valence-electron chi connectivity index (χ0n) is 12.1. The second-order valence-electron chi connectivity index (χ2n) is 4.87. The van der Waals surface area contributed by atoms with Crippen LogP contribution < -0.4 is 10.6 Å². The molecule has 1 aromatic carbocycles. The van der Waals surface area contributed by atoms with Crippen LogP contribution in [0.15, 0.2) is 23.1 Å². The Balaban J connectivity index is 2.27. The fourth-order valence-corrected chi connectivity index (χ4v) is 3.76. The number of rotatable bonds is 5. The maximum Gasteiger partial charge on any atom is 0.107 e. The molecule has 1 aliphatic heterocycles. The second-order valence-corrected chi connectivity index (χ2v) is 6.62. The van der Waals surface area contributed by atoms with E-state index in [0.29, 0.717) is 11.1 Å². The average molecular weight is 310 g/mol. The molecule has 1 aliphatic rings. The lowest BCUT2D eigenvalue weighted by molar-refractivity contribution is 0.0819. The number of anilines is 1. The van der Waals surface area contributed by atoms with E-state index in [1.807, 2.05) is 0 Å². The normalized spacial score (nSPS) is 16.4. The van der Waals surface area contributed by atoms with Gasteiger partial charge in [-0.15, -0.1) is 11.8 Å². The summed E-state index contributed by atoms with van der Waals surface area (Å²) in [5.74, 6) is 1.02. The minimum Gasteiger partial charge on any atom is -0.389 e. The van der Waals surface area contributed by atoms with Gasteiger partial charge in [-0.05, 0) is 30.7 Å². The van der Waals surface area contributed by atoms with Gasteiger partial charge in [0.25, 0.3) is 0 Å². The van der Waals surface area contributed by atoms with Gasteiger partial charge in [-0.1, -0.05) is 25.2 Å². The van der Waals surface area contributed by atoms with Crippen molar-refractivity contribution in [1.29, 1.82) is 0 Å². The smallest absolute Gasteiger partial charge is 0.107 e. The molecule has 0 aliphatic carbocycles. The Morgan fingerprint density at radius 3 is 2.70 bits per heavy atom. The van der Waals surface area contributed by atoms with Gasteiger partial charge in [0.2, 0.25) is 0 Å². The van der Waals surface area contributed by atoms with Crippen LogP contribution in [0.25, 0.3) is 0 Å². The van der Waals surface area contributed by atoms with E-state index < -0.39 is 0 Å². The summed E-state index contributed by atoms with van der Waals surface area (Å²) in [6, 6.07) is 6.33. The number of nitrogens with zero attached hydrogens (tertiary/aromatic N) is 1. The van der Waals surface area contributed by atoms with Crippen LogP contribution in [-0.4, -0.2) is 37.0 Å². The highest BCUT2D eigenvalue weighted by Crippen LogP contribution is 2.32. The Labute approximate surface area is 130 Å². The summed E-state index contributed by atoms with van der Waals surface area (Å²) in [6.07, 6.45) is 2.49. The zero-order chi connectivity index (χ0) is 14.5. The standard InChI is InChI=1S/C15H22N2OS2/c1-3-20-13-6-4-5-12(14(13)15(16)19)17-9-7-11(18-2)8-10-17/h4-6,11H,3,7-10H2,1-2H3,(H2,16,19). The van der Waals surface area contributed by atoms with Crippen LogP contribution in [0.1, 0.15) is 25.3 Å². The van der Waals surface area contributed by atoms with Gasteiger partial charge in [0.1, 0.15) is 4.99 Å². The highest BCUT2D eigenvalue weighted by Gasteiger charge is 2.22. The lowest BCUT2D eigenvalue weighted by Crippen LogP contribution is -2.37. The number of piperidine rings is 1. The molecule has 20 heavy (non-hydrogen) atoms. The summed E-state index contributed by atoms with van der Waals surface area (Å²) in [4.78, 5) is 4.06. The van der Waals surface area contributed by atoms with E-state index >= 15 is 0 Å². The van der Waals surface area contributed by atoms with Gasteiger partial charge in [-0.2, -0.15) is 0 Å². The first-order chi connectivity index (χ1) is 9.67. The molecule has 0 radical (unpaired) electrons. The van der Waals surface area contributed by atoms with Crippen LogP contribution in [0.5, 0.6) is 0 Å². The van der Waals surface area contributed by atoms with E-state index in [2.05, 4.69) is 30.0 Å². The molecule has 2 N–H and O–H groups in total. The first-order valence-electron chi connectivity index (χ1n) is 7.00. The summed E-state index contributed by atoms with van der Waals surface area (Å²) in [5.41, 5.74) is 8.18. The summed E-state index contributed by atoms with van der Waals surface area (Å²) in [7, 11) is 1.79. The van der Waals surface area contributed by atoms with E-state index in [1.165, 1.54) is 10.6 Å². The third-order valence-corrected chi connectivity index (χ3v) is 4.81. The molecular formula is C15H22N2OS2. The van der Waals surface area contributed by atoms with Gasteiger partial charge in [0.05, 0.1) is 6.10 Å². The van der Waals surface area contributed by atoms with Crippen LogP contribution in [0.4, 0.5) is 5.69 Å². The van der Waals surface area contributed by atoms with Gasteiger partial charge in [-0.25, -0.2) is 0 Å². The fourth-order valence-electron chi connectivity index (χ4n) is 2.64. The van der Waals surface area contributed by atoms with E-state index in [4.69, 9.17) is 22.7 Å². The summed E-state index contributed by atoms with van der Waals surface area (Å²) >= 11 is 7.07. The number of hydrogen-bond acceptors (Lipinski definition) is 4. The van der Waals surface area contributed by atoms with Gasteiger partial charge in [0, 0.05) is 36.3 Å². The lowest BCUT2D eigenvalue weighted by Gasteiger charge is -2.34. The Hall–Kier alpha value is -0.780. The van der Waals surface area contributed by atoms with Crippen molar-refractivity contribution in [2.24, 2.45) is 5.73 Å². The van der Waals surface area contributed by atoms with Crippen LogP contribution in [0.2, 0.25) is 0 Å². The lowest BCUT2D eigenvalue weighted by atomic mass is 10.0. The highest BCUT2D eigenvalue weighted by molar-refractivity contribution is 7.99. The molecule has 1 aromatic rings. The molecule has 110 valence electrons. The van der Waals surface area contributed by atoms with Crippen molar-refractivity contribution in [3.63, 3.8) is 0 Å². The largest absolute Gasteiger partial charge is 0.389 e. The molecule has 2 rings (SSSR count). The van der Waals surface area contributed by atoms with Gasteiger partial charge in [-0.3, -0.25) is 0 Å². The Bertz CT molecular complexity index is 471. The van der Waals surface area contributed by atoms with E-state index in [0.717, 1.165) is 37.2 Å². The summed E-state index contributed by atoms with van der Waals surface area (Å²) < 4.78 is 5.43. The van der Waals surface area contributed by atoms with Gasteiger partial charge in [0.15, 0.2) is 0 Å². The molecule has 0 bridgehead atoms. The Morgan fingerprint density at radius 1 is 1.45 bits per heavy atom. The molecule has 1 fully saturated rings. The number of ether oxygens (including phenoxy) is 1. The number of benzene rings is 1. The van der Waals surface area contributed by atoms with Gasteiger partial charge >= 0.3 is 0 Å². The van der Waals surface area contributed by atoms with Crippen molar-refractivity contribution in [2.45, 2.75) is 30.8 Å². The molecular weight excluding hydrogens is 288 g/mol. The predicted octanol–water partition coefficient (Wildman–Crippen LogP) is 3.05. The fraction of sp³-hybridized carbons (Fsp3) is 0.533.